The Hall–Kier alpha value is -2.11. The van der Waals surface area contributed by atoms with Gasteiger partial charge in [-0.05, 0) is 13.8 Å². The van der Waals surface area contributed by atoms with E-state index in [0.29, 0.717) is 18.9 Å². The van der Waals surface area contributed by atoms with Gasteiger partial charge in [0, 0.05) is 30.4 Å². The summed E-state index contributed by atoms with van der Waals surface area (Å²) in [6, 6.07) is 1.79. The number of carbonyl (C=O) groups is 1. The van der Waals surface area contributed by atoms with Gasteiger partial charge in [0.1, 0.15) is 5.82 Å². The van der Waals surface area contributed by atoms with Gasteiger partial charge in [0.25, 0.3) is 0 Å². The molecule has 2 aromatic heterocycles. The fourth-order valence-corrected chi connectivity index (χ4v) is 2.03. The first-order valence-corrected chi connectivity index (χ1v) is 5.54. The summed E-state index contributed by atoms with van der Waals surface area (Å²) in [5, 5.41) is 7.01. The summed E-state index contributed by atoms with van der Waals surface area (Å²) in [6.45, 7) is 5.25. The zero-order valence-corrected chi connectivity index (χ0v) is 9.77. The van der Waals surface area contributed by atoms with Crippen LogP contribution in [-0.4, -0.2) is 33.7 Å². The second kappa shape index (κ2) is 3.44. The summed E-state index contributed by atoms with van der Waals surface area (Å²) in [4.78, 5) is 17.7. The number of rotatable bonds is 1. The molecule has 1 saturated heterocycles. The van der Waals surface area contributed by atoms with E-state index >= 15 is 0 Å². The van der Waals surface area contributed by atoms with E-state index in [2.05, 4.69) is 15.4 Å². The molecule has 1 N–H and O–H groups in total. The number of hydrogen-bond acceptors (Lipinski definition) is 3. The molecule has 6 heteroatoms. The summed E-state index contributed by atoms with van der Waals surface area (Å²) in [5.74, 6) is 0.689. The molecule has 0 spiro atoms. The van der Waals surface area contributed by atoms with Crippen LogP contribution in [0.3, 0.4) is 0 Å². The van der Waals surface area contributed by atoms with E-state index in [-0.39, 0.29) is 6.03 Å². The highest BCUT2D eigenvalue weighted by Crippen LogP contribution is 2.18. The first kappa shape index (κ1) is 10.1. The normalized spacial score (nSPS) is 15.6. The van der Waals surface area contributed by atoms with Gasteiger partial charge in [0.05, 0.1) is 6.20 Å². The summed E-state index contributed by atoms with van der Waals surface area (Å²) in [7, 11) is 0. The molecule has 2 amide bonds. The Labute approximate surface area is 98.2 Å². The van der Waals surface area contributed by atoms with E-state index in [9.17, 15) is 4.79 Å². The van der Waals surface area contributed by atoms with Gasteiger partial charge < -0.3 is 5.32 Å². The molecule has 0 aromatic carbocycles. The minimum Gasteiger partial charge on any atom is -0.336 e. The average Bonchev–Trinajstić information content (AvgIpc) is 2.86. The molecule has 1 aliphatic rings. The number of fused-ring (bicyclic) bond motifs is 1. The number of aromatic nitrogens is 3. The molecule has 0 bridgehead atoms. The molecular weight excluding hydrogens is 218 g/mol. The lowest BCUT2D eigenvalue weighted by molar-refractivity contribution is 0.252. The number of carbonyl (C=O) groups excluding carboxylic acids is 1. The highest BCUT2D eigenvalue weighted by molar-refractivity contribution is 5.93. The molecule has 17 heavy (non-hydrogen) atoms. The Kier molecular flexibility index (Phi) is 2.04. The summed E-state index contributed by atoms with van der Waals surface area (Å²) in [5.41, 5.74) is 2.78. The first-order valence-electron chi connectivity index (χ1n) is 5.54. The van der Waals surface area contributed by atoms with E-state index in [0.717, 1.165) is 16.9 Å². The smallest absolute Gasteiger partial charge is 0.323 e. The fourth-order valence-electron chi connectivity index (χ4n) is 2.03. The van der Waals surface area contributed by atoms with Gasteiger partial charge in [-0.2, -0.15) is 5.10 Å². The van der Waals surface area contributed by atoms with E-state index in [1.54, 1.807) is 15.6 Å². The Morgan fingerprint density at radius 3 is 2.94 bits per heavy atom. The average molecular weight is 231 g/mol. The van der Waals surface area contributed by atoms with Crippen LogP contribution in [0.5, 0.6) is 0 Å². The van der Waals surface area contributed by atoms with Crippen LogP contribution in [0.25, 0.3) is 5.65 Å². The van der Waals surface area contributed by atoms with Crippen LogP contribution < -0.4 is 10.2 Å². The van der Waals surface area contributed by atoms with E-state index < -0.39 is 0 Å². The van der Waals surface area contributed by atoms with E-state index in [1.807, 2.05) is 19.9 Å². The van der Waals surface area contributed by atoms with Crippen molar-refractivity contribution >= 4 is 17.5 Å². The number of anilines is 1. The molecule has 3 rings (SSSR count). The molecule has 1 aliphatic heterocycles. The second-order valence-corrected chi connectivity index (χ2v) is 4.20. The minimum atomic E-state index is -0.0848. The largest absolute Gasteiger partial charge is 0.336 e. The lowest BCUT2D eigenvalue weighted by atomic mass is 10.3. The maximum atomic E-state index is 11.6. The molecule has 88 valence electrons. The number of urea groups is 1. The second-order valence-electron chi connectivity index (χ2n) is 4.20. The monoisotopic (exact) mass is 231 g/mol. The molecular formula is C11H13N5O. The van der Waals surface area contributed by atoms with Crippen molar-refractivity contribution in [1.29, 1.82) is 0 Å². The van der Waals surface area contributed by atoms with Gasteiger partial charge >= 0.3 is 6.03 Å². The quantitative estimate of drug-likeness (QED) is 0.792. The van der Waals surface area contributed by atoms with Crippen molar-refractivity contribution in [2.45, 2.75) is 13.8 Å². The Morgan fingerprint density at radius 2 is 2.24 bits per heavy atom. The van der Waals surface area contributed by atoms with Gasteiger partial charge in [-0.1, -0.05) is 0 Å². The van der Waals surface area contributed by atoms with Gasteiger partial charge in [0.2, 0.25) is 0 Å². The zero-order chi connectivity index (χ0) is 12.0. The van der Waals surface area contributed by atoms with E-state index in [1.165, 1.54) is 0 Å². The van der Waals surface area contributed by atoms with Crippen molar-refractivity contribution in [3.63, 3.8) is 0 Å². The summed E-state index contributed by atoms with van der Waals surface area (Å²) in [6.07, 6.45) is 1.78. The lowest BCUT2D eigenvalue weighted by Crippen LogP contribution is -2.28. The number of aryl methyl sites for hydroxylation is 2. The van der Waals surface area contributed by atoms with Crippen molar-refractivity contribution in [3.05, 3.63) is 23.5 Å². The van der Waals surface area contributed by atoms with Crippen molar-refractivity contribution in [3.8, 4) is 0 Å². The minimum absolute atomic E-state index is 0.0848. The Balaban J connectivity index is 2.17. The summed E-state index contributed by atoms with van der Waals surface area (Å²) >= 11 is 0. The maximum absolute atomic E-state index is 11.6. The van der Waals surface area contributed by atoms with Crippen LogP contribution in [0.2, 0.25) is 0 Å². The lowest BCUT2D eigenvalue weighted by Gasteiger charge is -2.14. The van der Waals surface area contributed by atoms with Crippen LogP contribution in [0, 0.1) is 13.8 Å². The van der Waals surface area contributed by atoms with Crippen molar-refractivity contribution in [1.82, 2.24) is 19.9 Å². The van der Waals surface area contributed by atoms with Crippen LogP contribution in [0.4, 0.5) is 10.6 Å². The van der Waals surface area contributed by atoms with Crippen molar-refractivity contribution < 1.29 is 4.79 Å². The predicted octanol–water partition coefficient (Wildman–Crippen LogP) is 0.876. The number of nitrogens with zero attached hydrogens (tertiary/aromatic N) is 4. The molecule has 0 radical (unpaired) electrons. The first-order chi connectivity index (χ1) is 8.16. The molecule has 2 aromatic rings. The van der Waals surface area contributed by atoms with E-state index in [4.69, 9.17) is 0 Å². The number of nitrogens with one attached hydrogen (secondary N) is 1. The molecule has 0 aliphatic carbocycles. The van der Waals surface area contributed by atoms with Crippen molar-refractivity contribution in [2.24, 2.45) is 0 Å². The molecule has 1 fully saturated rings. The fraction of sp³-hybridized carbons (Fsp3) is 0.364. The molecule has 6 nitrogen and oxygen atoms in total. The third-order valence-corrected chi connectivity index (χ3v) is 2.95. The van der Waals surface area contributed by atoms with Crippen molar-refractivity contribution in [2.75, 3.05) is 18.0 Å². The third kappa shape index (κ3) is 1.44. The standard InChI is InChI=1S/C11H13N5O/c1-7-6-13-16-8(2)5-9(14-10(7)16)15-4-3-12-11(15)17/h5-6H,3-4H2,1-2H3,(H,12,17). The molecule has 0 unspecified atom stereocenters. The third-order valence-electron chi connectivity index (χ3n) is 2.95. The van der Waals surface area contributed by atoms with Crippen LogP contribution in [0.15, 0.2) is 12.3 Å². The van der Waals surface area contributed by atoms with Crippen LogP contribution in [0.1, 0.15) is 11.3 Å². The van der Waals surface area contributed by atoms with Gasteiger partial charge in [-0.3, -0.25) is 4.90 Å². The zero-order valence-electron chi connectivity index (χ0n) is 9.77. The Bertz CT molecular complexity index is 603. The predicted molar refractivity (Wildman–Crippen MR) is 63.2 cm³/mol. The van der Waals surface area contributed by atoms with Gasteiger partial charge in [-0.25, -0.2) is 14.3 Å². The molecule has 0 saturated carbocycles. The molecule has 0 atom stereocenters. The van der Waals surface area contributed by atoms with Crippen LogP contribution in [-0.2, 0) is 0 Å². The Morgan fingerprint density at radius 1 is 1.41 bits per heavy atom. The maximum Gasteiger partial charge on any atom is 0.323 e. The SMILES string of the molecule is Cc1cnn2c(C)cc(N3CCNC3=O)nc12. The summed E-state index contributed by atoms with van der Waals surface area (Å²) < 4.78 is 1.78. The van der Waals surface area contributed by atoms with Gasteiger partial charge in [-0.15, -0.1) is 0 Å². The highest BCUT2D eigenvalue weighted by Gasteiger charge is 2.23. The van der Waals surface area contributed by atoms with Gasteiger partial charge in [0.15, 0.2) is 5.65 Å². The van der Waals surface area contributed by atoms with Crippen LogP contribution >= 0.6 is 0 Å². The number of hydrogen-bond donors (Lipinski definition) is 1. The molecule has 3 heterocycles. The topological polar surface area (TPSA) is 62.5 Å². The number of amides is 2. The highest BCUT2D eigenvalue weighted by atomic mass is 16.2.